The molecule has 1 saturated heterocycles. The number of hydrogen-bond donors (Lipinski definition) is 2. The summed E-state index contributed by atoms with van der Waals surface area (Å²) in [6.45, 7) is 9.73. The summed E-state index contributed by atoms with van der Waals surface area (Å²) in [5.41, 5.74) is 1.39. The molecule has 24 heavy (non-hydrogen) atoms. The van der Waals surface area contributed by atoms with Gasteiger partial charge in [-0.2, -0.15) is 11.3 Å². The Kier molecular flexibility index (Phi) is 8.30. The van der Waals surface area contributed by atoms with E-state index in [9.17, 15) is 0 Å². The van der Waals surface area contributed by atoms with E-state index in [0.29, 0.717) is 5.92 Å². The van der Waals surface area contributed by atoms with Crippen molar-refractivity contribution in [3.63, 3.8) is 0 Å². The second-order valence-electron chi connectivity index (χ2n) is 6.94. The van der Waals surface area contributed by atoms with Crippen LogP contribution in [-0.2, 0) is 0 Å². The van der Waals surface area contributed by atoms with E-state index in [0.717, 1.165) is 37.6 Å². The molecule has 1 saturated carbocycles. The lowest BCUT2D eigenvalue weighted by atomic mass is 10.1. The molecule has 2 atom stereocenters. The van der Waals surface area contributed by atoms with Crippen LogP contribution in [0.5, 0.6) is 0 Å². The van der Waals surface area contributed by atoms with E-state index in [1.807, 2.05) is 0 Å². The van der Waals surface area contributed by atoms with Crippen LogP contribution in [0.3, 0.4) is 0 Å². The quantitative estimate of drug-likeness (QED) is 0.370. The normalized spacial score (nSPS) is 22.9. The van der Waals surface area contributed by atoms with Gasteiger partial charge < -0.3 is 15.5 Å². The first-order valence-electron chi connectivity index (χ1n) is 9.04. The molecule has 2 aliphatic rings. The third kappa shape index (κ3) is 5.88. The molecule has 0 spiro atoms. The lowest BCUT2D eigenvalue weighted by molar-refractivity contribution is 0.314. The van der Waals surface area contributed by atoms with Crippen molar-refractivity contribution in [2.45, 2.75) is 45.1 Å². The Balaban J connectivity index is 0.00000208. The molecule has 0 amide bonds. The standard InChI is InChI=1S/C18H30N4S.HI/c1-3-19-18(20-10-14(2)16-7-9-23-13-16)21-11-15-6-8-22(12-15)17-4-5-17;/h7,9,13-15,17H,3-6,8,10-12H2,1-2H3,(H2,19,20,21);1H. The van der Waals surface area contributed by atoms with E-state index in [2.05, 4.69) is 46.2 Å². The Morgan fingerprint density at radius 3 is 2.88 bits per heavy atom. The van der Waals surface area contributed by atoms with Crippen LogP contribution in [0.1, 0.15) is 44.6 Å². The van der Waals surface area contributed by atoms with E-state index in [-0.39, 0.29) is 24.0 Å². The van der Waals surface area contributed by atoms with Crippen LogP contribution >= 0.6 is 35.3 Å². The van der Waals surface area contributed by atoms with Crippen LogP contribution in [0, 0.1) is 5.92 Å². The first kappa shape index (κ1) is 20.0. The van der Waals surface area contributed by atoms with Gasteiger partial charge in [0.25, 0.3) is 0 Å². The van der Waals surface area contributed by atoms with Crippen molar-refractivity contribution in [2.24, 2.45) is 10.9 Å². The highest BCUT2D eigenvalue weighted by molar-refractivity contribution is 14.0. The molecule has 2 unspecified atom stereocenters. The number of hydrogen-bond acceptors (Lipinski definition) is 3. The lowest BCUT2D eigenvalue weighted by Crippen LogP contribution is -2.40. The molecule has 2 heterocycles. The van der Waals surface area contributed by atoms with Crippen molar-refractivity contribution < 1.29 is 0 Å². The van der Waals surface area contributed by atoms with E-state index in [4.69, 9.17) is 4.99 Å². The molecule has 136 valence electrons. The number of guanidine groups is 1. The van der Waals surface area contributed by atoms with Gasteiger partial charge in [0.15, 0.2) is 5.96 Å². The van der Waals surface area contributed by atoms with Crippen molar-refractivity contribution in [2.75, 3.05) is 32.7 Å². The van der Waals surface area contributed by atoms with Gasteiger partial charge in [0.1, 0.15) is 0 Å². The van der Waals surface area contributed by atoms with E-state index in [1.165, 1.54) is 37.9 Å². The van der Waals surface area contributed by atoms with E-state index >= 15 is 0 Å². The molecule has 0 radical (unpaired) electrons. The summed E-state index contributed by atoms with van der Waals surface area (Å²) in [6, 6.07) is 3.12. The van der Waals surface area contributed by atoms with Gasteiger partial charge in [-0.25, -0.2) is 0 Å². The minimum absolute atomic E-state index is 0. The summed E-state index contributed by atoms with van der Waals surface area (Å²) in [5, 5.41) is 11.3. The van der Waals surface area contributed by atoms with Gasteiger partial charge in [-0.1, -0.05) is 6.92 Å². The van der Waals surface area contributed by atoms with Crippen LogP contribution in [0.25, 0.3) is 0 Å². The van der Waals surface area contributed by atoms with Crippen LogP contribution in [0.2, 0.25) is 0 Å². The van der Waals surface area contributed by atoms with Gasteiger partial charge in [0, 0.05) is 38.1 Å². The zero-order chi connectivity index (χ0) is 16.1. The Morgan fingerprint density at radius 1 is 1.38 bits per heavy atom. The maximum Gasteiger partial charge on any atom is 0.191 e. The molecule has 1 aromatic rings. The monoisotopic (exact) mass is 462 g/mol. The zero-order valence-corrected chi connectivity index (χ0v) is 18.0. The van der Waals surface area contributed by atoms with Crippen LogP contribution in [-0.4, -0.2) is 49.6 Å². The third-order valence-electron chi connectivity index (χ3n) is 4.92. The molecular weight excluding hydrogens is 431 g/mol. The smallest absolute Gasteiger partial charge is 0.191 e. The van der Waals surface area contributed by atoms with Crippen molar-refractivity contribution in [3.05, 3.63) is 22.4 Å². The van der Waals surface area contributed by atoms with E-state index < -0.39 is 0 Å². The Labute approximate surface area is 167 Å². The number of halogens is 1. The number of rotatable bonds is 7. The summed E-state index contributed by atoms with van der Waals surface area (Å²) in [6.07, 6.45) is 4.17. The minimum atomic E-state index is 0. The summed E-state index contributed by atoms with van der Waals surface area (Å²) in [4.78, 5) is 7.46. The van der Waals surface area contributed by atoms with Gasteiger partial charge in [0.05, 0.1) is 0 Å². The summed E-state index contributed by atoms with van der Waals surface area (Å²) in [7, 11) is 0. The molecule has 6 heteroatoms. The molecule has 0 aromatic carbocycles. The molecule has 4 nitrogen and oxygen atoms in total. The second kappa shape index (κ2) is 9.97. The number of nitrogens with one attached hydrogen (secondary N) is 2. The summed E-state index contributed by atoms with van der Waals surface area (Å²) >= 11 is 1.76. The Bertz CT molecular complexity index is 501. The Hall–Kier alpha value is -0.340. The molecule has 3 rings (SSSR count). The highest BCUT2D eigenvalue weighted by Gasteiger charge is 2.34. The molecule has 1 aromatic heterocycles. The Morgan fingerprint density at radius 2 is 2.21 bits per heavy atom. The number of aliphatic imine (C=N–C) groups is 1. The van der Waals surface area contributed by atoms with Crippen molar-refractivity contribution in [1.82, 2.24) is 15.5 Å². The maximum atomic E-state index is 4.78. The van der Waals surface area contributed by atoms with Crippen molar-refractivity contribution >= 4 is 41.3 Å². The van der Waals surface area contributed by atoms with Gasteiger partial charge in [-0.3, -0.25) is 4.99 Å². The molecule has 2 N–H and O–H groups in total. The van der Waals surface area contributed by atoms with Crippen molar-refractivity contribution in [1.29, 1.82) is 0 Å². The first-order chi connectivity index (χ1) is 11.3. The fraction of sp³-hybridized carbons (Fsp3) is 0.722. The molecule has 1 aliphatic carbocycles. The fourth-order valence-electron chi connectivity index (χ4n) is 3.27. The van der Waals surface area contributed by atoms with Crippen LogP contribution in [0.4, 0.5) is 0 Å². The fourth-order valence-corrected chi connectivity index (χ4v) is 4.05. The van der Waals surface area contributed by atoms with Crippen LogP contribution in [0.15, 0.2) is 21.8 Å². The topological polar surface area (TPSA) is 39.7 Å². The second-order valence-corrected chi connectivity index (χ2v) is 7.72. The molecular formula is C18H31IN4S. The van der Waals surface area contributed by atoms with Crippen molar-refractivity contribution in [3.8, 4) is 0 Å². The largest absolute Gasteiger partial charge is 0.357 e. The molecule has 1 aliphatic heterocycles. The third-order valence-corrected chi connectivity index (χ3v) is 5.62. The highest BCUT2D eigenvalue weighted by atomic mass is 127. The number of likely N-dealkylation sites (tertiary alicyclic amines) is 1. The van der Waals surface area contributed by atoms with Gasteiger partial charge in [-0.15, -0.1) is 24.0 Å². The SMILES string of the molecule is CCNC(=NCC(C)c1ccsc1)NCC1CCN(C2CC2)C1.I. The lowest BCUT2D eigenvalue weighted by Gasteiger charge is -2.17. The maximum absolute atomic E-state index is 4.78. The van der Waals surface area contributed by atoms with Crippen LogP contribution < -0.4 is 10.6 Å². The number of nitrogens with zero attached hydrogens (tertiary/aromatic N) is 2. The summed E-state index contributed by atoms with van der Waals surface area (Å²) in [5.74, 6) is 2.22. The zero-order valence-electron chi connectivity index (χ0n) is 14.8. The predicted octanol–water partition coefficient (Wildman–Crippen LogP) is 3.51. The minimum Gasteiger partial charge on any atom is -0.357 e. The predicted molar refractivity (Wildman–Crippen MR) is 115 cm³/mol. The first-order valence-corrected chi connectivity index (χ1v) is 9.99. The summed E-state index contributed by atoms with van der Waals surface area (Å²) < 4.78 is 0. The molecule has 0 bridgehead atoms. The average molecular weight is 462 g/mol. The highest BCUT2D eigenvalue weighted by Crippen LogP contribution is 2.31. The van der Waals surface area contributed by atoms with Gasteiger partial charge >= 0.3 is 0 Å². The van der Waals surface area contributed by atoms with Gasteiger partial charge in [-0.05, 0) is 61.0 Å². The van der Waals surface area contributed by atoms with Gasteiger partial charge in [0.2, 0.25) is 0 Å². The average Bonchev–Trinajstić information content (AvgIpc) is 3.07. The van der Waals surface area contributed by atoms with E-state index in [1.54, 1.807) is 11.3 Å². The number of thiophene rings is 1. The molecule has 2 fully saturated rings.